The molecule has 2 aliphatic rings. The van der Waals surface area contributed by atoms with E-state index in [1.165, 1.54) is 24.0 Å². The molecule has 6 nitrogen and oxygen atoms in total. The average molecular weight is 336 g/mol. The third-order valence-electron chi connectivity index (χ3n) is 4.78. The summed E-state index contributed by atoms with van der Waals surface area (Å²) in [4.78, 5) is 24.6. The number of ether oxygens (including phenoxy) is 1. The first-order valence-corrected chi connectivity index (χ1v) is 7.99. The maximum atomic E-state index is 13.4. The predicted molar refractivity (Wildman–Crippen MR) is 83.7 cm³/mol. The second kappa shape index (κ2) is 6.49. The van der Waals surface area contributed by atoms with Crippen molar-refractivity contribution >= 4 is 11.8 Å². The van der Waals surface area contributed by atoms with E-state index in [4.69, 9.17) is 4.74 Å². The van der Waals surface area contributed by atoms with Crippen molar-refractivity contribution in [3.8, 4) is 0 Å². The Kier molecular flexibility index (Phi) is 4.56. The predicted octanol–water partition coefficient (Wildman–Crippen LogP) is 0.408. The number of carbonyl (C=O) groups excluding carboxylic acids is 2. The molecule has 0 aliphatic carbocycles. The van der Waals surface area contributed by atoms with Crippen molar-refractivity contribution in [2.75, 3.05) is 26.2 Å². The lowest BCUT2D eigenvalue weighted by Gasteiger charge is -2.26. The molecule has 2 saturated heterocycles. The number of aliphatic hydroxyl groups excluding tert-OH is 1. The minimum Gasteiger partial charge on any atom is -0.388 e. The van der Waals surface area contributed by atoms with E-state index in [2.05, 4.69) is 5.32 Å². The highest BCUT2D eigenvalue weighted by atomic mass is 19.1. The van der Waals surface area contributed by atoms with Crippen LogP contribution in [-0.4, -0.2) is 59.8 Å². The van der Waals surface area contributed by atoms with Crippen LogP contribution >= 0.6 is 0 Å². The Morgan fingerprint density at radius 2 is 2.29 bits per heavy atom. The number of hydrogen-bond donors (Lipinski definition) is 2. The molecule has 0 aromatic heterocycles. The molecule has 130 valence electrons. The maximum Gasteiger partial charge on any atom is 0.242 e. The lowest BCUT2D eigenvalue weighted by Crippen LogP contribution is -2.42. The number of halogens is 1. The highest BCUT2D eigenvalue weighted by Crippen LogP contribution is 2.42. The molecule has 2 aliphatic heterocycles. The molecule has 3 atom stereocenters. The maximum absolute atomic E-state index is 13.4. The Balaban J connectivity index is 1.66. The number of aliphatic hydroxyl groups is 1. The molecule has 2 N–H and O–H groups in total. The summed E-state index contributed by atoms with van der Waals surface area (Å²) in [5.74, 6) is -0.840. The number of rotatable bonds is 3. The minimum absolute atomic E-state index is 0.0132. The van der Waals surface area contributed by atoms with E-state index in [0.29, 0.717) is 13.0 Å². The van der Waals surface area contributed by atoms with Crippen molar-refractivity contribution in [3.63, 3.8) is 0 Å². The van der Waals surface area contributed by atoms with Crippen LogP contribution in [0.3, 0.4) is 0 Å². The molecule has 0 unspecified atom stereocenters. The number of amides is 2. The standard InChI is InChI=1S/C17H21FN2O4/c1-11(21)19-7-16(23)20-8-15(22)17(10-20)6-13(9-24-17)12-3-2-4-14(18)5-12/h2-5,13,15,22H,6-10H2,1H3,(H,19,21)/t13-,15-,17-/m1/s1. The first-order chi connectivity index (χ1) is 11.4. The zero-order valence-corrected chi connectivity index (χ0v) is 13.5. The monoisotopic (exact) mass is 336 g/mol. The van der Waals surface area contributed by atoms with Crippen LogP contribution in [0.25, 0.3) is 0 Å². The zero-order valence-electron chi connectivity index (χ0n) is 13.5. The van der Waals surface area contributed by atoms with Gasteiger partial charge in [0.1, 0.15) is 17.5 Å². The van der Waals surface area contributed by atoms with Gasteiger partial charge in [0.15, 0.2) is 0 Å². The van der Waals surface area contributed by atoms with Crippen molar-refractivity contribution < 1.29 is 23.8 Å². The number of likely N-dealkylation sites (tertiary alicyclic amines) is 1. The van der Waals surface area contributed by atoms with Gasteiger partial charge in [0, 0.05) is 19.4 Å². The third-order valence-corrected chi connectivity index (χ3v) is 4.78. The second-order valence-electron chi connectivity index (χ2n) is 6.53. The summed E-state index contributed by atoms with van der Waals surface area (Å²) in [6, 6.07) is 6.37. The van der Waals surface area contributed by atoms with Crippen LogP contribution in [0.1, 0.15) is 24.8 Å². The van der Waals surface area contributed by atoms with Gasteiger partial charge >= 0.3 is 0 Å². The van der Waals surface area contributed by atoms with Gasteiger partial charge in [-0.05, 0) is 24.1 Å². The number of nitrogens with one attached hydrogen (secondary N) is 1. The van der Waals surface area contributed by atoms with Crippen LogP contribution in [0.4, 0.5) is 4.39 Å². The first-order valence-electron chi connectivity index (χ1n) is 7.99. The molecule has 7 heteroatoms. The minimum atomic E-state index is -0.817. The number of β-amino-alcohol motifs (C(OH)–C–C–N with tert-alkyl or cyclic N) is 1. The van der Waals surface area contributed by atoms with Gasteiger partial charge in [0.25, 0.3) is 0 Å². The van der Waals surface area contributed by atoms with Crippen LogP contribution in [0.15, 0.2) is 24.3 Å². The van der Waals surface area contributed by atoms with Gasteiger partial charge < -0.3 is 20.1 Å². The van der Waals surface area contributed by atoms with Gasteiger partial charge in [-0.2, -0.15) is 0 Å². The molecule has 0 saturated carbocycles. The number of benzene rings is 1. The second-order valence-corrected chi connectivity index (χ2v) is 6.53. The van der Waals surface area contributed by atoms with Gasteiger partial charge in [-0.25, -0.2) is 4.39 Å². The normalized spacial score (nSPS) is 29.2. The Morgan fingerprint density at radius 1 is 1.50 bits per heavy atom. The largest absolute Gasteiger partial charge is 0.388 e. The topological polar surface area (TPSA) is 78.9 Å². The molecular weight excluding hydrogens is 315 g/mol. The molecule has 2 fully saturated rings. The fourth-order valence-corrected chi connectivity index (χ4v) is 3.49. The molecule has 24 heavy (non-hydrogen) atoms. The summed E-state index contributed by atoms with van der Waals surface area (Å²) in [5.41, 5.74) is 0.0187. The molecule has 0 radical (unpaired) electrons. The summed E-state index contributed by atoms with van der Waals surface area (Å²) >= 11 is 0. The molecule has 1 aromatic carbocycles. The fraction of sp³-hybridized carbons (Fsp3) is 0.529. The van der Waals surface area contributed by atoms with Crippen LogP contribution in [0.5, 0.6) is 0 Å². The average Bonchev–Trinajstić information content (AvgIpc) is 3.10. The fourth-order valence-electron chi connectivity index (χ4n) is 3.49. The summed E-state index contributed by atoms with van der Waals surface area (Å²) < 4.78 is 19.3. The van der Waals surface area contributed by atoms with Crippen molar-refractivity contribution in [3.05, 3.63) is 35.6 Å². The van der Waals surface area contributed by atoms with Crippen molar-refractivity contribution in [2.45, 2.75) is 31.0 Å². The molecule has 3 rings (SSSR count). The molecular formula is C17H21FN2O4. The molecule has 0 bridgehead atoms. The molecule has 2 amide bonds. The van der Waals surface area contributed by atoms with E-state index in [9.17, 15) is 19.1 Å². The summed E-state index contributed by atoms with van der Waals surface area (Å²) in [5, 5.41) is 12.9. The Morgan fingerprint density at radius 3 is 3.00 bits per heavy atom. The van der Waals surface area contributed by atoms with Gasteiger partial charge in [0.2, 0.25) is 11.8 Å². The van der Waals surface area contributed by atoms with Gasteiger partial charge in [-0.3, -0.25) is 9.59 Å². The third kappa shape index (κ3) is 3.27. The molecule has 2 heterocycles. The van der Waals surface area contributed by atoms with Gasteiger partial charge in [-0.1, -0.05) is 12.1 Å². The summed E-state index contributed by atoms with van der Waals surface area (Å²) in [6.07, 6.45) is -0.265. The van der Waals surface area contributed by atoms with Crippen LogP contribution in [-0.2, 0) is 14.3 Å². The van der Waals surface area contributed by atoms with Gasteiger partial charge in [0.05, 0.1) is 19.7 Å². The van der Waals surface area contributed by atoms with E-state index in [1.807, 2.05) is 6.07 Å². The lowest BCUT2D eigenvalue weighted by atomic mass is 9.87. The first kappa shape index (κ1) is 16.9. The van der Waals surface area contributed by atoms with Crippen LogP contribution < -0.4 is 5.32 Å². The SMILES string of the molecule is CC(=O)NCC(=O)N1C[C@@H](O)[C@@]2(C[C@@H](c3cccc(F)c3)CO2)C1. The number of hydrogen-bond acceptors (Lipinski definition) is 4. The van der Waals surface area contributed by atoms with Gasteiger partial charge in [-0.15, -0.1) is 0 Å². The summed E-state index contributed by atoms with van der Waals surface area (Å²) in [6.45, 7) is 2.09. The Labute approximate surface area is 139 Å². The van der Waals surface area contributed by atoms with E-state index in [-0.39, 0.29) is 43.2 Å². The van der Waals surface area contributed by atoms with Crippen LogP contribution in [0, 0.1) is 5.82 Å². The van der Waals surface area contributed by atoms with Crippen molar-refractivity contribution in [2.24, 2.45) is 0 Å². The highest BCUT2D eigenvalue weighted by Gasteiger charge is 2.53. The Hall–Kier alpha value is -1.99. The molecule has 1 aromatic rings. The van der Waals surface area contributed by atoms with E-state index in [0.717, 1.165) is 5.56 Å². The Bertz CT molecular complexity index is 653. The number of carbonyl (C=O) groups is 2. The zero-order chi connectivity index (χ0) is 17.3. The lowest BCUT2D eigenvalue weighted by molar-refractivity contribution is -0.132. The quantitative estimate of drug-likeness (QED) is 0.838. The van der Waals surface area contributed by atoms with Crippen molar-refractivity contribution in [1.82, 2.24) is 10.2 Å². The number of nitrogens with zero attached hydrogens (tertiary/aromatic N) is 1. The highest BCUT2D eigenvalue weighted by molar-refractivity contribution is 5.84. The summed E-state index contributed by atoms with van der Waals surface area (Å²) in [7, 11) is 0. The van der Waals surface area contributed by atoms with E-state index in [1.54, 1.807) is 6.07 Å². The van der Waals surface area contributed by atoms with E-state index < -0.39 is 11.7 Å². The molecule has 1 spiro atoms. The smallest absolute Gasteiger partial charge is 0.242 e. The van der Waals surface area contributed by atoms with E-state index >= 15 is 0 Å². The van der Waals surface area contributed by atoms with Crippen LogP contribution in [0.2, 0.25) is 0 Å². The van der Waals surface area contributed by atoms with Crippen molar-refractivity contribution in [1.29, 1.82) is 0 Å².